The summed E-state index contributed by atoms with van der Waals surface area (Å²) in [5, 5.41) is 29.4. The van der Waals surface area contributed by atoms with Gasteiger partial charge in [-0.05, 0) is 56.8 Å². The Morgan fingerprint density at radius 1 is 1.25 bits per heavy atom. The monoisotopic (exact) mass is 434 g/mol. The predicted octanol–water partition coefficient (Wildman–Crippen LogP) is 5.14. The molecule has 0 saturated heterocycles. The van der Waals surface area contributed by atoms with Crippen LogP contribution in [0.3, 0.4) is 0 Å². The van der Waals surface area contributed by atoms with Gasteiger partial charge >= 0.3 is 5.97 Å². The molecular formula is C22H36Cl2O4. The van der Waals surface area contributed by atoms with Crippen molar-refractivity contribution in [2.24, 2.45) is 17.8 Å². The number of halogens is 2. The zero-order valence-electron chi connectivity index (χ0n) is 16.9. The van der Waals surface area contributed by atoms with Gasteiger partial charge in [0.05, 0.1) is 12.2 Å². The third kappa shape index (κ3) is 9.30. The summed E-state index contributed by atoms with van der Waals surface area (Å²) >= 11 is 12.2. The highest BCUT2D eigenvalue weighted by Gasteiger charge is 2.39. The van der Waals surface area contributed by atoms with Crippen molar-refractivity contribution in [1.29, 1.82) is 0 Å². The van der Waals surface area contributed by atoms with Gasteiger partial charge in [-0.2, -0.15) is 0 Å². The summed E-state index contributed by atoms with van der Waals surface area (Å²) in [6, 6.07) is 0. The van der Waals surface area contributed by atoms with Crippen molar-refractivity contribution in [2.75, 3.05) is 5.88 Å². The maximum Gasteiger partial charge on any atom is 0.303 e. The molecule has 1 rings (SSSR count). The maximum absolute atomic E-state index is 10.5. The van der Waals surface area contributed by atoms with Crippen LogP contribution in [0.4, 0.5) is 0 Å². The average molecular weight is 435 g/mol. The first-order valence-electron chi connectivity index (χ1n) is 10.5. The molecule has 1 saturated carbocycles. The maximum atomic E-state index is 10.5. The first-order valence-corrected chi connectivity index (χ1v) is 11.5. The van der Waals surface area contributed by atoms with Gasteiger partial charge in [-0.25, -0.2) is 0 Å². The van der Waals surface area contributed by atoms with Gasteiger partial charge in [0.1, 0.15) is 0 Å². The molecule has 1 aliphatic rings. The lowest BCUT2D eigenvalue weighted by Crippen LogP contribution is -2.20. The number of unbranched alkanes of at least 4 members (excludes halogenated alkanes) is 1. The molecule has 6 heteroatoms. The Hall–Kier alpha value is -0.550. The summed E-state index contributed by atoms with van der Waals surface area (Å²) in [7, 11) is 0. The summed E-state index contributed by atoms with van der Waals surface area (Å²) in [5.41, 5.74) is 0. The Morgan fingerprint density at radius 3 is 2.64 bits per heavy atom. The molecule has 162 valence electrons. The van der Waals surface area contributed by atoms with E-state index in [2.05, 4.69) is 13.0 Å². The molecule has 1 fully saturated rings. The average Bonchev–Trinajstić information content (AvgIpc) is 2.91. The molecule has 4 nitrogen and oxygen atoms in total. The lowest BCUT2D eigenvalue weighted by molar-refractivity contribution is -0.137. The Morgan fingerprint density at radius 2 is 2.00 bits per heavy atom. The van der Waals surface area contributed by atoms with Crippen LogP contribution in [0.25, 0.3) is 0 Å². The van der Waals surface area contributed by atoms with Gasteiger partial charge in [-0.3, -0.25) is 4.79 Å². The Balaban J connectivity index is 2.52. The molecule has 0 aromatic carbocycles. The third-order valence-electron chi connectivity index (χ3n) is 5.72. The van der Waals surface area contributed by atoms with Crippen LogP contribution in [0.2, 0.25) is 0 Å². The van der Waals surface area contributed by atoms with Crippen LogP contribution in [0, 0.1) is 17.8 Å². The fraction of sp³-hybridized carbons (Fsp3) is 0.773. The molecule has 28 heavy (non-hydrogen) atoms. The molecule has 0 aliphatic heterocycles. The fourth-order valence-corrected chi connectivity index (χ4v) is 4.59. The summed E-state index contributed by atoms with van der Waals surface area (Å²) in [6.45, 7) is 2.09. The molecule has 0 aromatic rings. The number of hydrogen-bond acceptors (Lipinski definition) is 3. The second-order valence-corrected chi connectivity index (χ2v) is 8.72. The van der Waals surface area contributed by atoms with Crippen molar-refractivity contribution >= 4 is 29.2 Å². The van der Waals surface area contributed by atoms with Crippen molar-refractivity contribution in [3.63, 3.8) is 0 Å². The number of carboxylic acids is 1. The Bertz CT molecular complexity index is 495. The molecule has 0 radical (unpaired) electrons. The second kappa shape index (κ2) is 14.4. The van der Waals surface area contributed by atoms with Crippen LogP contribution in [-0.4, -0.2) is 44.8 Å². The van der Waals surface area contributed by atoms with Gasteiger partial charge < -0.3 is 15.3 Å². The fourth-order valence-electron chi connectivity index (χ4n) is 3.98. The van der Waals surface area contributed by atoms with Crippen molar-refractivity contribution in [3.05, 3.63) is 24.3 Å². The number of alkyl halides is 2. The number of aliphatic hydroxyl groups is 2. The van der Waals surface area contributed by atoms with E-state index in [1.165, 1.54) is 0 Å². The highest BCUT2D eigenvalue weighted by molar-refractivity contribution is 6.21. The molecule has 0 amide bonds. The zero-order valence-corrected chi connectivity index (χ0v) is 18.4. The molecule has 1 aliphatic carbocycles. The second-order valence-electron chi connectivity index (χ2n) is 7.78. The van der Waals surface area contributed by atoms with Crippen LogP contribution in [-0.2, 0) is 4.79 Å². The van der Waals surface area contributed by atoms with Gasteiger partial charge in [0, 0.05) is 23.6 Å². The molecule has 1 unspecified atom stereocenters. The molecular weight excluding hydrogens is 399 g/mol. The van der Waals surface area contributed by atoms with E-state index in [9.17, 15) is 15.0 Å². The van der Waals surface area contributed by atoms with Gasteiger partial charge in [0.2, 0.25) is 0 Å². The number of hydrogen-bond donors (Lipinski definition) is 3. The number of aliphatic carboxylic acids is 1. The minimum absolute atomic E-state index is 0.0127. The number of rotatable bonds is 14. The van der Waals surface area contributed by atoms with E-state index >= 15 is 0 Å². The van der Waals surface area contributed by atoms with Gasteiger partial charge in [-0.1, -0.05) is 37.6 Å². The van der Waals surface area contributed by atoms with Gasteiger partial charge in [0.15, 0.2) is 0 Å². The van der Waals surface area contributed by atoms with Crippen LogP contribution < -0.4 is 0 Å². The van der Waals surface area contributed by atoms with E-state index in [0.29, 0.717) is 25.1 Å². The molecule has 0 heterocycles. The summed E-state index contributed by atoms with van der Waals surface area (Å²) < 4.78 is 0. The van der Waals surface area contributed by atoms with E-state index < -0.39 is 12.1 Å². The minimum Gasteiger partial charge on any atom is -0.481 e. The molecule has 0 bridgehead atoms. The van der Waals surface area contributed by atoms with Crippen LogP contribution in [0.5, 0.6) is 0 Å². The van der Waals surface area contributed by atoms with Crippen molar-refractivity contribution < 1.29 is 20.1 Å². The van der Waals surface area contributed by atoms with Crippen LogP contribution >= 0.6 is 23.2 Å². The Kier molecular flexibility index (Phi) is 13.1. The third-order valence-corrected chi connectivity index (χ3v) is 6.49. The summed E-state index contributed by atoms with van der Waals surface area (Å²) in [6.07, 6.45) is 13.5. The Labute approximate surface area is 179 Å². The normalized spacial score (nSPS) is 27.6. The van der Waals surface area contributed by atoms with E-state index in [-0.39, 0.29) is 35.7 Å². The topological polar surface area (TPSA) is 77.8 Å². The summed E-state index contributed by atoms with van der Waals surface area (Å²) in [5.74, 6) is 0.242. The van der Waals surface area contributed by atoms with Crippen molar-refractivity contribution in [1.82, 2.24) is 0 Å². The highest BCUT2D eigenvalue weighted by atomic mass is 35.5. The molecule has 0 aromatic heterocycles. The smallest absolute Gasteiger partial charge is 0.303 e. The zero-order chi connectivity index (χ0) is 20.9. The van der Waals surface area contributed by atoms with Crippen molar-refractivity contribution in [2.45, 2.75) is 82.3 Å². The van der Waals surface area contributed by atoms with Gasteiger partial charge in [-0.15, -0.1) is 23.2 Å². The van der Waals surface area contributed by atoms with Crippen molar-refractivity contribution in [3.8, 4) is 0 Å². The number of carboxylic acid groups (broad SMARTS) is 1. The summed E-state index contributed by atoms with van der Waals surface area (Å²) in [4.78, 5) is 10.5. The van der Waals surface area contributed by atoms with E-state index in [1.807, 2.05) is 18.2 Å². The quantitative estimate of drug-likeness (QED) is 0.200. The largest absolute Gasteiger partial charge is 0.481 e. The lowest BCUT2D eigenvalue weighted by atomic mass is 9.89. The van der Waals surface area contributed by atoms with E-state index in [1.54, 1.807) is 0 Å². The minimum atomic E-state index is -0.770. The molecule has 3 N–H and O–H groups in total. The first kappa shape index (κ1) is 25.5. The first-order chi connectivity index (χ1) is 13.4. The number of aliphatic hydroxyl groups excluding tert-OH is 2. The predicted molar refractivity (Wildman–Crippen MR) is 116 cm³/mol. The SMILES string of the molecule is CCC(CCCCl)[C@@H](O)CC=C[C@@H]1[C@@H](CC=CCCCC(=O)O)[C@H](Cl)C[C@H]1O. The molecule has 6 atom stereocenters. The van der Waals surface area contributed by atoms with Gasteiger partial charge in [0.25, 0.3) is 0 Å². The number of carbonyl (C=O) groups is 1. The van der Waals surface area contributed by atoms with Crippen LogP contribution in [0.1, 0.15) is 64.7 Å². The highest BCUT2D eigenvalue weighted by Crippen LogP contribution is 2.39. The number of allylic oxidation sites excluding steroid dienone is 2. The van der Waals surface area contributed by atoms with E-state index in [0.717, 1.165) is 32.1 Å². The van der Waals surface area contributed by atoms with E-state index in [4.69, 9.17) is 28.3 Å². The van der Waals surface area contributed by atoms with Crippen LogP contribution in [0.15, 0.2) is 24.3 Å². The molecule has 0 spiro atoms. The standard InChI is InChI=1S/C22H36Cl2O4/c1-2-16(9-8-14-23)20(25)12-7-11-18-17(19(24)15-21(18)26)10-5-3-4-6-13-22(27)28/h3,5,7,11,16-21,25-26H,2,4,6,8-10,12-15H2,1H3,(H,27,28)/t16?,17-,18-,19-,20+,21-/m1/s1. The lowest BCUT2D eigenvalue weighted by Gasteiger charge is -2.21.